The van der Waals surface area contributed by atoms with Crippen LogP contribution in [0.1, 0.15) is 26.2 Å². The van der Waals surface area contributed by atoms with Gasteiger partial charge in [0.25, 0.3) is 5.56 Å². The van der Waals surface area contributed by atoms with Crippen molar-refractivity contribution in [1.29, 1.82) is 0 Å². The summed E-state index contributed by atoms with van der Waals surface area (Å²) < 4.78 is 1.61. The van der Waals surface area contributed by atoms with Crippen molar-refractivity contribution in [2.75, 3.05) is 4.90 Å². The van der Waals surface area contributed by atoms with Gasteiger partial charge in [-0.25, -0.2) is 4.98 Å². The standard InChI is InChI=1S/C13H17N3O3/c1-2-15-6-5-14-11(12(15)17)16-8-3-4-10(16)9(7-8)13(18)19/h5-6,8-10H,2-4,7H2,1H3,(H,18,19). The van der Waals surface area contributed by atoms with E-state index in [0.717, 1.165) is 12.8 Å². The molecule has 3 atom stereocenters. The topological polar surface area (TPSA) is 75.4 Å². The van der Waals surface area contributed by atoms with Gasteiger partial charge in [0, 0.05) is 31.0 Å². The van der Waals surface area contributed by atoms with Crippen LogP contribution < -0.4 is 10.5 Å². The van der Waals surface area contributed by atoms with E-state index in [9.17, 15) is 14.7 Å². The Morgan fingerprint density at radius 2 is 2.32 bits per heavy atom. The minimum absolute atomic E-state index is 0.0737. The highest BCUT2D eigenvalue weighted by Crippen LogP contribution is 2.42. The molecule has 6 heteroatoms. The Morgan fingerprint density at radius 3 is 2.95 bits per heavy atom. The highest BCUT2D eigenvalue weighted by molar-refractivity contribution is 5.73. The maximum absolute atomic E-state index is 12.3. The van der Waals surface area contributed by atoms with Crippen molar-refractivity contribution in [2.45, 2.75) is 44.8 Å². The van der Waals surface area contributed by atoms with E-state index in [0.29, 0.717) is 18.8 Å². The zero-order chi connectivity index (χ0) is 13.6. The summed E-state index contributed by atoms with van der Waals surface area (Å²) in [6, 6.07) is 0.0782. The fourth-order valence-corrected chi connectivity index (χ4v) is 3.45. The lowest BCUT2D eigenvalue weighted by Gasteiger charge is -2.23. The molecule has 0 amide bonds. The maximum atomic E-state index is 12.3. The van der Waals surface area contributed by atoms with Gasteiger partial charge in [-0.15, -0.1) is 0 Å². The monoisotopic (exact) mass is 263 g/mol. The number of carboxylic acids is 1. The lowest BCUT2D eigenvalue weighted by molar-refractivity contribution is -0.142. The van der Waals surface area contributed by atoms with Crippen molar-refractivity contribution >= 4 is 11.8 Å². The third-order valence-corrected chi connectivity index (χ3v) is 4.33. The summed E-state index contributed by atoms with van der Waals surface area (Å²) in [5.41, 5.74) is -0.118. The number of carboxylic acid groups (broad SMARTS) is 1. The molecule has 1 aromatic rings. The molecular weight excluding hydrogens is 246 g/mol. The van der Waals surface area contributed by atoms with Gasteiger partial charge in [0.1, 0.15) is 0 Å². The highest BCUT2D eigenvalue weighted by Gasteiger charge is 2.50. The molecule has 19 heavy (non-hydrogen) atoms. The fraction of sp³-hybridized carbons (Fsp3) is 0.615. The quantitative estimate of drug-likeness (QED) is 0.869. The molecule has 0 spiro atoms. The zero-order valence-electron chi connectivity index (χ0n) is 10.8. The van der Waals surface area contributed by atoms with Crippen LogP contribution in [0.5, 0.6) is 0 Å². The minimum Gasteiger partial charge on any atom is -0.481 e. The molecule has 3 rings (SSSR count). The smallest absolute Gasteiger partial charge is 0.308 e. The van der Waals surface area contributed by atoms with Crippen LogP contribution in [0.15, 0.2) is 17.2 Å². The number of rotatable bonds is 3. The number of hydrogen-bond donors (Lipinski definition) is 1. The number of aromatic nitrogens is 2. The molecule has 1 N–H and O–H groups in total. The van der Waals surface area contributed by atoms with E-state index in [1.165, 1.54) is 0 Å². The zero-order valence-corrected chi connectivity index (χ0v) is 10.8. The average molecular weight is 263 g/mol. The van der Waals surface area contributed by atoms with Gasteiger partial charge in [-0.1, -0.05) is 0 Å². The first-order valence-corrected chi connectivity index (χ1v) is 6.70. The van der Waals surface area contributed by atoms with Crippen LogP contribution in [0, 0.1) is 5.92 Å². The summed E-state index contributed by atoms with van der Waals surface area (Å²) in [6.07, 6.45) is 5.70. The molecule has 3 heterocycles. The van der Waals surface area contributed by atoms with E-state index in [-0.39, 0.29) is 23.6 Å². The van der Waals surface area contributed by atoms with Crippen molar-refractivity contribution < 1.29 is 9.90 Å². The predicted molar refractivity (Wildman–Crippen MR) is 69.2 cm³/mol. The largest absolute Gasteiger partial charge is 0.481 e. The molecule has 2 fully saturated rings. The second-order valence-corrected chi connectivity index (χ2v) is 5.23. The molecule has 0 aliphatic carbocycles. The second-order valence-electron chi connectivity index (χ2n) is 5.23. The molecule has 0 aromatic carbocycles. The first-order valence-electron chi connectivity index (χ1n) is 6.70. The highest BCUT2D eigenvalue weighted by atomic mass is 16.4. The molecule has 2 aliphatic rings. The van der Waals surface area contributed by atoms with Crippen molar-refractivity contribution in [1.82, 2.24) is 9.55 Å². The van der Waals surface area contributed by atoms with Gasteiger partial charge in [-0.05, 0) is 26.2 Å². The summed E-state index contributed by atoms with van der Waals surface area (Å²) in [7, 11) is 0. The molecule has 2 bridgehead atoms. The molecule has 0 radical (unpaired) electrons. The Balaban J connectivity index is 2.00. The van der Waals surface area contributed by atoms with Crippen molar-refractivity contribution in [2.24, 2.45) is 5.92 Å². The van der Waals surface area contributed by atoms with E-state index in [2.05, 4.69) is 4.98 Å². The Kier molecular flexibility index (Phi) is 2.80. The van der Waals surface area contributed by atoms with Crippen molar-refractivity contribution in [3.8, 4) is 0 Å². The number of aryl methyl sites for hydroxylation is 1. The SMILES string of the molecule is CCn1ccnc(N2C3CCC2C(C(=O)O)C3)c1=O. The summed E-state index contributed by atoms with van der Waals surface area (Å²) in [5.74, 6) is -0.709. The third-order valence-electron chi connectivity index (χ3n) is 4.33. The normalized spacial score (nSPS) is 28.9. The summed E-state index contributed by atoms with van der Waals surface area (Å²) >= 11 is 0. The molecule has 2 saturated heterocycles. The maximum Gasteiger partial charge on any atom is 0.308 e. The molecule has 102 valence electrons. The molecule has 1 aromatic heterocycles. The Morgan fingerprint density at radius 1 is 1.53 bits per heavy atom. The number of anilines is 1. The van der Waals surface area contributed by atoms with Crippen LogP contribution in [0.2, 0.25) is 0 Å². The van der Waals surface area contributed by atoms with Gasteiger partial charge in [0.2, 0.25) is 0 Å². The van der Waals surface area contributed by atoms with E-state index in [4.69, 9.17) is 0 Å². The second kappa shape index (κ2) is 4.36. The lowest BCUT2D eigenvalue weighted by Crippen LogP contribution is -2.38. The van der Waals surface area contributed by atoms with Crippen LogP contribution in [-0.4, -0.2) is 32.7 Å². The fourth-order valence-electron chi connectivity index (χ4n) is 3.45. The van der Waals surface area contributed by atoms with Crippen LogP contribution in [0.25, 0.3) is 0 Å². The molecule has 0 saturated carbocycles. The van der Waals surface area contributed by atoms with E-state index in [1.807, 2.05) is 11.8 Å². The first-order chi connectivity index (χ1) is 9.13. The van der Waals surface area contributed by atoms with Gasteiger partial charge in [-0.2, -0.15) is 0 Å². The van der Waals surface area contributed by atoms with E-state index >= 15 is 0 Å². The summed E-state index contributed by atoms with van der Waals surface area (Å²) in [6.45, 7) is 2.50. The van der Waals surface area contributed by atoms with Gasteiger partial charge in [0.15, 0.2) is 5.82 Å². The third kappa shape index (κ3) is 1.74. The molecule has 3 unspecified atom stereocenters. The van der Waals surface area contributed by atoms with Gasteiger partial charge in [-0.3, -0.25) is 9.59 Å². The number of fused-ring (bicyclic) bond motifs is 2. The molecule has 2 aliphatic heterocycles. The summed E-state index contributed by atoms with van der Waals surface area (Å²) in [4.78, 5) is 29.7. The Hall–Kier alpha value is -1.85. The number of nitrogens with zero attached hydrogens (tertiary/aromatic N) is 3. The minimum atomic E-state index is -0.760. The van der Waals surface area contributed by atoms with E-state index < -0.39 is 5.97 Å². The van der Waals surface area contributed by atoms with Crippen molar-refractivity contribution in [3.05, 3.63) is 22.7 Å². The molecule has 6 nitrogen and oxygen atoms in total. The van der Waals surface area contributed by atoms with Gasteiger partial charge in [0.05, 0.1) is 5.92 Å². The Bertz CT molecular complexity index is 568. The number of aliphatic carboxylic acids is 1. The van der Waals surface area contributed by atoms with Gasteiger partial charge < -0.3 is 14.6 Å². The number of hydrogen-bond acceptors (Lipinski definition) is 4. The first kappa shape index (κ1) is 12.2. The van der Waals surface area contributed by atoms with Crippen LogP contribution >= 0.6 is 0 Å². The van der Waals surface area contributed by atoms with E-state index in [1.54, 1.807) is 17.0 Å². The van der Waals surface area contributed by atoms with Crippen molar-refractivity contribution in [3.63, 3.8) is 0 Å². The Labute approximate surface area is 110 Å². The van der Waals surface area contributed by atoms with Crippen LogP contribution in [0.3, 0.4) is 0 Å². The predicted octanol–water partition coefficient (Wildman–Crippen LogP) is 0.705. The summed E-state index contributed by atoms with van der Waals surface area (Å²) in [5, 5.41) is 9.24. The number of carbonyl (C=O) groups is 1. The lowest BCUT2D eigenvalue weighted by atomic mass is 9.89. The molecular formula is C13H17N3O3. The average Bonchev–Trinajstić information content (AvgIpc) is 2.96. The van der Waals surface area contributed by atoms with Gasteiger partial charge >= 0.3 is 5.97 Å². The van der Waals surface area contributed by atoms with Crippen LogP contribution in [0.4, 0.5) is 5.82 Å². The van der Waals surface area contributed by atoms with Crippen LogP contribution in [-0.2, 0) is 11.3 Å².